The highest BCUT2D eigenvalue weighted by molar-refractivity contribution is 8.01. The summed E-state index contributed by atoms with van der Waals surface area (Å²) in [4.78, 5) is 0. The maximum absolute atomic E-state index is 5.88. The number of fused-ring (bicyclic) bond motifs is 2. The Hall–Kier alpha value is 0.295. The molecule has 2 aliphatic rings. The minimum atomic E-state index is -0.349. The van der Waals surface area contributed by atoms with Crippen LogP contribution in [0, 0.1) is 0 Å². The lowest BCUT2D eigenvalue weighted by molar-refractivity contribution is -0.111. The van der Waals surface area contributed by atoms with E-state index in [9.17, 15) is 0 Å². The lowest BCUT2D eigenvalue weighted by Gasteiger charge is -2.35. The van der Waals surface area contributed by atoms with E-state index in [0.29, 0.717) is 11.9 Å². The van der Waals surface area contributed by atoms with Gasteiger partial charge in [0.05, 0.1) is 11.9 Å². The first-order valence-corrected chi connectivity index (χ1v) is 5.70. The van der Waals surface area contributed by atoms with Crippen LogP contribution >= 0.6 is 11.8 Å². The van der Waals surface area contributed by atoms with Crippen LogP contribution in [-0.4, -0.2) is 56.9 Å². The second-order valence-corrected chi connectivity index (χ2v) is 5.39. The van der Waals surface area contributed by atoms with Gasteiger partial charge in [0.25, 0.3) is 0 Å². The van der Waals surface area contributed by atoms with Gasteiger partial charge in [-0.05, 0) is 0 Å². The standard InChI is InChI=1S/C9H15BO3S/c1-5-9(4-11-2)7(12-3)6(14-5)8(10)13-9/h5-8H,4H2,1-3H3/t5?,6?,7?,8?,9-/m1/s1. The van der Waals surface area contributed by atoms with E-state index in [0.717, 1.165) is 0 Å². The average molecular weight is 214 g/mol. The van der Waals surface area contributed by atoms with Crippen molar-refractivity contribution in [1.82, 2.24) is 0 Å². The van der Waals surface area contributed by atoms with Crippen LogP contribution in [0.5, 0.6) is 0 Å². The molecule has 4 unspecified atom stereocenters. The highest BCUT2D eigenvalue weighted by Gasteiger charge is 2.63. The summed E-state index contributed by atoms with van der Waals surface area (Å²) < 4.78 is 16.5. The summed E-state index contributed by atoms with van der Waals surface area (Å²) in [7, 11) is 9.28. The molecule has 2 radical (unpaired) electrons. The number of hydrogen-bond donors (Lipinski definition) is 0. The van der Waals surface area contributed by atoms with Gasteiger partial charge in [-0.3, -0.25) is 0 Å². The third-order valence-electron chi connectivity index (χ3n) is 3.13. The number of thioether (sulfide) groups is 1. The molecule has 0 N–H and O–H groups in total. The number of hydrogen-bond acceptors (Lipinski definition) is 4. The van der Waals surface area contributed by atoms with Gasteiger partial charge in [-0.2, -0.15) is 0 Å². The molecular weight excluding hydrogens is 199 g/mol. The Kier molecular flexibility index (Phi) is 2.86. The van der Waals surface area contributed by atoms with Gasteiger partial charge in [0.15, 0.2) is 0 Å². The van der Waals surface area contributed by atoms with E-state index in [1.54, 1.807) is 14.2 Å². The van der Waals surface area contributed by atoms with Crippen LogP contribution in [0.15, 0.2) is 0 Å². The molecule has 0 amide bonds. The van der Waals surface area contributed by atoms with E-state index in [1.807, 2.05) is 11.8 Å². The van der Waals surface area contributed by atoms with Crippen LogP contribution in [-0.2, 0) is 14.2 Å². The predicted molar refractivity (Wildman–Crippen MR) is 56.9 cm³/mol. The third-order valence-corrected chi connectivity index (χ3v) is 4.77. The molecule has 78 valence electrons. The second kappa shape index (κ2) is 3.70. The summed E-state index contributed by atoms with van der Waals surface area (Å²) in [6.45, 7) is 2.69. The summed E-state index contributed by atoms with van der Waals surface area (Å²) in [5.41, 5.74) is -0.349. The highest BCUT2D eigenvalue weighted by Crippen LogP contribution is 2.52. The quantitative estimate of drug-likeness (QED) is 0.636. The molecule has 5 heteroatoms. The van der Waals surface area contributed by atoms with Crippen LogP contribution in [0.2, 0.25) is 0 Å². The van der Waals surface area contributed by atoms with Crippen LogP contribution in [0.1, 0.15) is 6.92 Å². The fraction of sp³-hybridized carbons (Fsp3) is 1.00. The lowest BCUT2D eigenvalue weighted by Crippen LogP contribution is -2.49. The molecule has 0 aromatic rings. The fourth-order valence-electron chi connectivity index (χ4n) is 2.46. The number of ether oxygens (including phenoxy) is 3. The molecule has 2 rings (SSSR count). The first-order chi connectivity index (χ1) is 6.65. The van der Waals surface area contributed by atoms with E-state index < -0.39 is 0 Å². The van der Waals surface area contributed by atoms with Crippen molar-refractivity contribution in [2.24, 2.45) is 0 Å². The molecule has 3 nitrogen and oxygen atoms in total. The monoisotopic (exact) mass is 214 g/mol. The van der Waals surface area contributed by atoms with Crippen molar-refractivity contribution < 1.29 is 14.2 Å². The zero-order valence-electron chi connectivity index (χ0n) is 8.73. The summed E-state index contributed by atoms with van der Waals surface area (Å²) in [6, 6.07) is -0.226. The Morgan fingerprint density at radius 1 is 1.50 bits per heavy atom. The van der Waals surface area contributed by atoms with Crippen molar-refractivity contribution in [3.8, 4) is 0 Å². The average Bonchev–Trinajstić information content (AvgIpc) is 2.54. The van der Waals surface area contributed by atoms with Gasteiger partial charge in [0.2, 0.25) is 0 Å². The van der Waals surface area contributed by atoms with Gasteiger partial charge in [0.1, 0.15) is 19.6 Å². The zero-order valence-corrected chi connectivity index (χ0v) is 9.54. The van der Waals surface area contributed by atoms with Crippen molar-refractivity contribution in [2.45, 2.75) is 35.1 Å². The summed E-state index contributed by atoms with van der Waals surface area (Å²) in [6.07, 6.45) is 0.0532. The van der Waals surface area contributed by atoms with Gasteiger partial charge in [-0.15, -0.1) is 11.8 Å². The van der Waals surface area contributed by atoms with Crippen LogP contribution in [0.3, 0.4) is 0 Å². The predicted octanol–water partition coefficient (Wildman–Crippen LogP) is 0.415. The summed E-state index contributed by atoms with van der Waals surface area (Å²) in [5, 5.41) is 0.613. The van der Waals surface area contributed by atoms with E-state index in [4.69, 9.17) is 22.1 Å². The maximum Gasteiger partial charge on any atom is 0.129 e. The molecule has 2 aliphatic heterocycles. The van der Waals surface area contributed by atoms with E-state index in [2.05, 4.69) is 6.92 Å². The van der Waals surface area contributed by atoms with Crippen LogP contribution in [0.4, 0.5) is 0 Å². The van der Waals surface area contributed by atoms with Gasteiger partial charge in [0, 0.05) is 25.5 Å². The van der Waals surface area contributed by atoms with Crippen molar-refractivity contribution >= 4 is 19.6 Å². The Labute approximate surface area is 90.3 Å². The van der Waals surface area contributed by atoms with E-state index in [1.165, 1.54) is 0 Å². The Bertz CT molecular complexity index is 228. The van der Waals surface area contributed by atoms with Crippen molar-refractivity contribution in [3.05, 3.63) is 0 Å². The molecule has 0 aromatic carbocycles. The molecule has 14 heavy (non-hydrogen) atoms. The van der Waals surface area contributed by atoms with Gasteiger partial charge in [-0.25, -0.2) is 0 Å². The molecule has 2 fully saturated rings. The molecule has 2 saturated heterocycles. The summed E-state index contributed by atoms with van der Waals surface area (Å²) >= 11 is 1.84. The molecule has 2 heterocycles. The lowest BCUT2D eigenvalue weighted by atomic mass is 9.90. The fourth-order valence-corrected chi connectivity index (χ4v) is 4.11. The van der Waals surface area contributed by atoms with Crippen LogP contribution in [0.25, 0.3) is 0 Å². The molecular formula is C9H15BO3S. The van der Waals surface area contributed by atoms with E-state index in [-0.39, 0.29) is 23.0 Å². The molecule has 5 atom stereocenters. The highest BCUT2D eigenvalue weighted by atomic mass is 32.2. The Balaban J connectivity index is 2.25. The Morgan fingerprint density at radius 2 is 2.21 bits per heavy atom. The number of rotatable bonds is 3. The van der Waals surface area contributed by atoms with Gasteiger partial charge < -0.3 is 14.2 Å². The normalized spacial score (nSPS) is 51.4. The molecule has 2 bridgehead atoms. The topological polar surface area (TPSA) is 27.7 Å². The first-order valence-electron chi connectivity index (χ1n) is 4.76. The molecule has 0 aromatic heterocycles. The minimum Gasteiger partial charge on any atom is -0.382 e. The molecule has 0 aliphatic carbocycles. The smallest absolute Gasteiger partial charge is 0.129 e. The van der Waals surface area contributed by atoms with Crippen LogP contribution < -0.4 is 0 Å². The largest absolute Gasteiger partial charge is 0.382 e. The first kappa shape index (κ1) is 10.8. The Morgan fingerprint density at radius 3 is 2.79 bits per heavy atom. The van der Waals surface area contributed by atoms with Gasteiger partial charge >= 0.3 is 0 Å². The maximum atomic E-state index is 5.88. The van der Waals surface area contributed by atoms with Crippen molar-refractivity contribution in [1.29, 1.82) is 0 Å². The van der Waals surface area contributed by atoms with Crippen molar-refractivity contribution in [2.75, 3.05) is 20.8 Å². The van der Waals surface area contributed by atoms with E-state index >= 15 is 0 Å². The van der Waals surface area contributed by atoms with Gasteiger partial charge in [-0.1, -0.05) is 6.92 Å². The zero-order chi connectivity index (χ0) is 10.3. The summed E-state index contributed by atoms with van der Waals surface area (Å²) in [5.74, 6) is 0. The molecule has 0 saturated carbocycles. The SMILES string of the molecule is [B]C1O[C@]2(COC)C(C)SC1C2OC. The third kappa shape index (κ3) is 1.26. The van der Waals surface area contributed by atoms with Crippen molar-refractivity contribution in [3.63, 3.8) is 0 Å². The minimum absolute atomic E-state index is 0.0532. The molecule has 0 spiro atoms. The second-order valence-electron chi connectivity index (χ2n) is 3.87. The number of methoxy groups -OCH3 is 2.